The molecule has 0 aliphatic heterocycles. The van der Waals surface area contributed by atoms with Gasteiger partial charge in [0.25, 0.3) is 5.91 Å². The van der Waals surface area contributed by atoms with Crippen LogP contribution < -0.4 is 10.1 Å². The van der Waals surface area contributed by atoms with Crippen molar-refractivity contribution in [2.45, 2.75) is 20.0 Å². The molecule has 1 amide bonds. The molecule has 1 atom stereocenters. The molecule has 0 spiro atoms. The largest absolute Gasteiger partial charge is 0.494 e. The van der Waals surface area contributed by atoms with Crippen LogP contribution >= 0.6 is 11.6 Å². The molecular weight excluding hydrogens is 370 g/mol. The molecule has 0 heterocycles. The van der Waals surface area contributed by atoms with Gasteiger partial charge in [-0.2, -0.15) is 0 Å². The lowest BCUT2D eigenvalue weighted by Crippen LogP contribution is -2.34. The summed E-state index contributed by atoms with van der Waals surface area (Å²) >= 11 is 5.78. The highest BCUT2D eigenvalue weighted by atomic mass is 35.5. The van der Waals surface area contributed by atoms with Gasteiger partial charge in [0.2, 0.25) is 5.78 Å². The number of carbonyl (C=O) groups is 3. The van der Waals surface area contributed by atoms with Crippen LogP contribution in [0.1, 0.15) is 34.6 Å². The summed E-state index contributed by atoms with van der Waals surface area (Å²) in [6.07, 6.45) is -0.971. The van der Waals surface area contributed by atoms with Crippen LogP contribution in [0.15, 0.2) is 48.5 Å². The average molecular weight is 390 g/mol. The van der Waals surface area contributed by atoms with E-state index in [1.54, 1.807) is 48.5 Å². The number of nitrogens with one attached hydrogen (secondary N) is 1. The topological polar surface area (TPSA) is 81.7 Å². The van der Waals surface area contributed by atoms with Gasteiger partial charge in [-0.3, -0.25) is 14.4 Å². The Labute approximate surface area is 162 Å². The van der Waals surface area contributed by atoms with Gasteiger partial charge in [0.05, 0.1) is 6.61 Å². The smallest absolute Gasteiger partial charge is 0.326 e. The second-order valence-electron chi connectivity index (χ2n) is 5.64. The Balaban J connectivity index is 1.83. The molecule has 0 unspecified atom stereocenters. The van der Waals surface area contributed by atoms with Crippen LogP contribution in [0.3, 0.4) is 0 Å². The maximum absolute atomic E-state index is 12.2. The molecule has 27 heavy (non-hydrogen) atoms. The third-order valence-electron chi connectivity index (χ3n) is 3.63. The Bertz CT molecular complexity index is 802. The summed E-state index contributed by atoms with van der Waals surface area (Å²) in [4.78, 5) is 36.2. The zero-order chi connectivity index (χ0) is 19.8. The molecule has 0 saturated heterocycles. The maximum atomic E-state index is 12.2. The number of amides is 1. The summed E-state index contributed by atoms with van der Waals surface area (Å²) in [6.45, 7) is 3.53. The molecule has 0 saturated carbocycles. The van der Waals surface area contributed by atoms with Crippen molar-refractivity contribution in [1.29, 1.82) is 0 Å². The zero-order valence-corrected chi connectivity index (χ0v) is 15.8. The monoisotopic (exact) mass is 389 g/mol. The molecule has 6 nitrogen and oxygen atoms in total. The van der Waals surface area contributed by atoms with Crippen molar-refractivity contribution in [3.05, 3.63) is 64.7 Å². The highest BCUT2D eigenvalue weighted by molar-refractivity contribution is 6.30. The number of carbonyl (C=O) groups excluding carboxylic acids is 3. The highest BCUT2D eigenvalue weighted by Gasteiger charge is 2.20. The molecule has 2 aromatic carbocycles. The van der Waals surface area contributed by atoms with E-state index in [4.69, 9.17) is 21.1 Å². The van der Waals surface area contributed by atoms with Crippen molar-refractivity contribution in [3.8, 4) is 5.75 Å². The lowest BCUT2D eigenvalue weighted by Gasteiger charge is -2.13. The van der Waals surface area contributed by atoms with Crippen molar-refractivity contribution < 1.29 is 23.9 Å². The first-order chi connectivity index (χ1) is 12.9. The van der Waals surface area contributed by atoms with E-state index in [2.05, 4.69) is 5.32 Å². The fraction of sp³-hybridized carbons (Fsp3) is 0.250. The first-order valence-electron chi connectivity index (χ1n) is 8.41. The third-order valence-corrected chi connectivity index (χ3v) is 3.88. The molecule has 0 aromatic heterocycles. The minimum Gasteiger partial charge on any atom is -0.494 e. The summed E-state index contributed by atoms with van der Waals surface area (Å²) in [5.74, 6) is -0.823. The lowest BCUT2D eigenvalue weighted by atomic mass is 10.1. The predicted octanol–water partition coefficient (Wildman–Crippen LogP) is 3.28. The predicted molar refractivity (Wildman–Crippen MR) is 101 cm³/mol. The maximum Gasteiger partial charge on any atom is 0.326 e. The number of Topliss-reactive ketones (excluding diaryl/α,β-unsaturated/α-hetero) is 1. The van der Waals surface area contributed by atoms with Crippen LogP contribution in [-0.4, -0.2) is 36.9 Å². The van der Waals surface area contributed by atoms with Gasteiger partial charge >= 0.3 is 5.97 Å². The number of hydrogen-bond acceptors (Lipinski definition) is 5. The van der Waals surface area contributed by atoms with Gasteiger partial charge in [0.1, 0.15) is 12.3 Å². The summed E-state index contributed by atoms with van der Waals surface area (Å²) in [7, 11) is 0. The van der Waals surface area contributed by atoms with Crippen LogP contribution in [0.4, 0.5) is 0 Å². The molecule has 2 rings (SSSR count). The average Bonchev–Trinajstić information content (AvgIpc) is 2.67. The SMILES string of the molecule is CCOc1ccc(C(=O)NCC(=O)O[C@H](C)C(=O)c2ccc(Cl)cc2)cc1. The zero-order valence-electron chi connectivity index (χ0n) is 15.0. The van der Waals surface area contributed by atoms with E-state index < -0.39 is 18.0 Å². The molecule has 0 aliphatic rings. The number of halogens is 1. The number of ether oxygens (including phenoxy) is 2. The van der Waals surface area contributed by atoms with Gasteiger partial charge < -0.3 is 14.8 Å². The van der Waals surface area contributed by atoms with Crippen molar-refractivity contribution in [1.82, 2.24) is 5.32 Å². The molecule has 0 fully saturated rings. The van der Waals surface area contributed by atoms with Gasteiger partial charge in [-0.05, 0) is 62.4 Å². The van der Waals surface area contributed by atoms with Crippen molar-refractivity contribution >= 4 is 29.3 Å². The van der Waals surface area contributed by atoms with Crippen LogP contribution in [0.2, 0.25) is 5.02 Å². The van der Waals surface area contributed by atoms with E-state index in [-0.39, 0.29) is 12.3 Å². The standard InChI is InChI=1S/C20H20ClNO5/c1-3-26-17-10-6-15(7-11-17)20(25)22-12-18(23)27-13(2)19(24)14-4-8-16(21)9-5-14/h4-11,13H,3,12H2,1-2H3,(H,22,25)/t13-/m1/s1. The fourth-order valence-electron chi connectivity index (χ4n) is 2.26. The van der Waals surface area contributed by atoms with Gasteiger partial charge in [-0.1, -0.05) is 11.6 Å². The molecule has 142 valence electrons. The Morgan fingerprint density at radius 2 is 1.59 bits per heavy atom. The van der Waals surface area contributed by atoms with E-state index in [1.165, 1.54) is 6.92 Å². The quantitative estimate of drug-likeness (QED) is 0.553. The Morgan fingerprint density at radius 3 is 2.19 bits per heavy atom. The van der Waals surface area contributed by atoms with Gasteiger partial charge in [-0.25, -0.2) is 0 Å². The summed E-state index contributed by atoms with van der Waals surface area (Å²) in [6, 6.07) is 12.8. The summed E-state index contributed by atoms with van der Waals surface area (Å²) in [5, 5.41) is 2.97. The fourth-order valence-corrected chi connectivity index (χ4v) is 2.39. The minimum absolute atomic E-state index is 0.343. The van der Waals surface area contributed by atoms with Crippen molar-refractivity contribution in [3.63, 3.8) is 0 Å². The van der Waals surface area contributed by atoms with Crippen molar-refractivity contribution in [2.75, 3.05) is 13.2 Å². The Hall–Kier alpha value is -2.86. The summed E-state index contributed by atoms with van der Waals surface area (Å²) < 4.78 is 10.4. The Morgan fingerprint density at radius 1 is 1.00 bits per heavy atom. The number of ketones is 1. The second kappa shape index (κ2) is 9.73. The summed E-state index contributed by atoms with van der Waals surface area (Å²) in [5.41, 5.74) is 0.773. The molecule has 1 N–H and O–H groups in total. The van der Waals surface area contributed by atoms with Gasteiger partial charge in [-0.15, -0.1) is 0 Å². The van der Waals surface area contributed by atoms with E-state index in [0.29, 0.717) is 28.5 Å². The normalized spacial score (nSPS) is 11.4. The number of benzene rings is 2. The molecule has 0 bridgehead atoms. The van der Waals surface area contributed by atoms with Crippen molar-refractivity contribution in [2.24, 2.45) is 0 Å². The lowest BCUT2D eigenvalue weighted by molar-refractivity contribution is -0.145. The van der Waals surface area contributed by atoms with E-state index >= 15 is 0 Å². The number of hydrogen-bond donors (Lipinski definition) is 1. The highest BCUT2D eigenvalue weighted by Crippen LogP contribution is 2.13. The number of esters is 1. The van der Waals surface area contributed by atoms with E-state index in [0.717, 1.165) is 0 Å². The molecule has 0 aliphatic carbocycles. The molecular formula is C20H20ClNO5. The molecule has 0 radical (unpaired) electrons. The Kier molecular flexibility index (Phi) is 7.37. The van der Waals surface area contributed by atoms with E-state index in [9.17, 15) is 14.4 Å². The van der Waals surface area contributed by atoms with Crippen LogP contribution in [0.5, 0.6) is 5.75 Å². The third kappa shape index (κ3) is 6.11. The van der Waals surface area contributed by atoms with Gasteiger partial charge in [0.15, 0.2) is 6.10 Å². The molecule has 7 heteroatoms. The van der Waals surface area contributed by atoms with Gasteiger partial charge in [0, 0.05) is 16.1 Å². The van der Waals surface area contributed by atoms with Crippen LogP contribution in [0.25, 0.3) is 0 Å². The second-order valence-corrected chi connectivity index (χ2v) is 6.08. The van der Waals surface area contributed by atoms with Crippen LogP contribution in [-0.2, 0) is 9.53 Å². The minimum atomic E-state index is -0.971. The number of rotatable bonds is 8. The first kappa shape index (κ1) is 20.5. The van der Waals surface area contributed by atoms with E-state index in [1.807, 2.05) is 6.92 Å². The molecule has 2 aromatic rings. The van der Waals surface area contributed by atoms with Crippen LogP contribution in [0, 0.1) is 0 Å². The first-order valence-corrected chi connectivity index (χ1v) is 8.78.